The van der Waals surface area contributed by atoms with Crippen molar-refractivity contribution in [3.05, 3.63) is 35.6 Å². The van der Waals surface area contributed by atoms with E-state index in [1.807, 2.05) is 13.0 Å². The molecule has 0 radical (unpaired) electrons. The lowest BCUT2D eigenvalue weighted by atomic mass is 10.1. The minimum Gasteiger partial charge on any atom is -0.445 e. The molecule has 0 aromatic heterocycles. The van der Waals surface area contributed by atoms with E-state index in [0.717, 1.165) is 11.1 Å². The van der Waals surface area contributed by atoms with Crippen LogP contribution in [0.3, 0.4) is 0 Å². The predicted octanol–water partition coefficient (Wildman–Crippen LogP) is 1.82. The van der Waals surface area contributed by atoms with Gasteiger partial charge in [-0.3, -0.25) is 0 Å². The normalized spacial score (nSPS) is 17.3. The van der Waals surface area contributed by atoms with Crippen molar-refractivity contribution in [3.63, 3.8) is 0 Å². The van der Waals surface area contributed by atoms with Gasteiger partial charge in [0.2, 0.25) is 0 Å². The van der Waals surface area contributed by atoms with Gasteiger partial charge in [-0.25, -0.2) is 4.79 Å². The number of nitrogens with two attached hydrogens (primary N) is 1. The van der Waals surface area contributed by atoms with Gasteiger partial charge >= 0.3 is 6.09 Å². The fraction of sp³-hybridized carbons (Fsp3) is 0.500. The smallest absolute Gasteiger partial charge is 0.410 e. The fourth-order valence-corrected chi connectivity index (χ4v) is 1.72. The molecule has 1 aliphatic rings. The number of nitrogens with zero attached hydrogens (tertiary/aromatic N) is 1. The van der Waals surface area contributed by atoms with Crippen molar-refractivity contribution in [2.45, 2.75) is 13.8 Å². The molecule has 1 amide bonds. The maximum Gasteiger partial charge on any atom is 0.410 e. The molecule has 1 rings (SSSR count). The summed E-state index contributed by atoms with van der Waals surface area (Å²) >= 11 is 0. The Hall–Kier alpha value is -1.75. The Balaban J connectivity index is 2.53. The van der Waals surface area contributed by atoms with Gasteiger partial charge in [-0.1, -0.05) is 18.2 Å². The lowest BCUT2D eigenvalue weighted by molar-refractivity contribution is 0.0297. The number of allylic oxidation sites excluding steroid dienone is 3. The summed E-state index contributed by atoms with van der Waals surface area (Å²) in [4.78, 5) is 13.5. The Morgan fingerprint density at radius 3 is 2.53 bits per heavy atom. The van der Waals surface area contributed by atoms with Crippen molar-refractivity contribution in [3.8, 4) is 0 Å². The Morgan fingerprint density at radius 2 is 2.00 bits per heavy atom. The van der Waals surface area contributed by atoms with Crippen LogP contribution in [0.15, 0.2) is 35.6 Å². The Kier molecular flexibility index (Phi) is 6.15. The first kappa shape index (κ1) is 15.3. The van der Waals surface area contributed by atoms with Gasteiger partial charge < -0.3 is 20.1 Å². The summed E-state index contributed by atoms with van der Waals surface area (Å²) < 4.78 is 10.4. The minimum atomic E-state index is -0.320. The summed E-state index contributed by atoms with van der Waals surface area (Å²) in [6.07, 6.45) is 3.31. The number of carbonyl (C=O) groups is 1. The molecule has 0 unspecified atom stereocenters. The minimum absolute atomic E-state index is 0.192. The molecule has 1 aliphatic heterocycles. The second-order valence-corrected chi connectivity index (χ2v) is 4.61. The SMILES string of the molecule is C=C(C)/C=C(\C=C(\C)N)COC(=O)N1CCOCC1. The molecule has 0 saturated carbocycles. The number of amides is 1. The Morgan fingerprint density at radius 1 is 1.37 bits per heavy atom. The van der Waals surface area contributed by atoms with Gasteiger partial charge in [0.05, 0.1) is 13.2 Å². The molecule has 1 saturated heterocycles. The van der Waals surface area contributed by atoms with Crippen LogP contribution in [0.2, 0.25) is 0 Å². The third kappa shape index (κ3) is 6.10. The Bertz CT molecular complexity index is 389. The zero-order chi connectivity index (χ0) is 14.3. The number of hydrogen-bond donors (Lipinski definition) is 1. The van der Waals surface area contributed by atoms with Crippen molar-refractivity contribution in [1.82, 2.24) is 4.90 Å². The maximum absolute atomic E-state index is 11.8. The summed E-state index contributed by atoms with van der Waals surface area (Å²) in [5.41, 5.74) is 8.02. The molecule has 0 bridgehead atoms. The Labute approximate surface area is 114 Å². The zero-order valence-corrected chi connectivity index (χ0v) is 11.6. The van der Waals surface area contributed by atoms with Crippen molar-refractivity contribution in [2.75, 3.05) is 32.9 Å². The van der Waals surface area contributed by atoms with Crippen LogP contribution in [0.5, 0.6) is 0 Å². The summed E-state index contributed by atoms with van der Waals surface area (Å²) in [6, 6.07) is 0. The van der Waals surface area contributed by atoms with E-state index in [-0.39, 0.29) is 12.7 Å². The van der Waals surface area contributed by atoms with E-state index in [9.17, 15) is 4.79 Å². The van der Waals surface area contributed by atoms with E-state index in [1.165, 1.54) is 0 Å². The topological polar surface area (TPSA) is 64.8 Å². The molecule has 0 atom stereocenters. The van der Waals surface area contributed by atoms with Crippen LogP contribution in [0.1, 0.15) is 13.8 Å². The van der Waals surface area contributed by atoms with Crippen LogP contribution in [-0.2, 0) is 9.47 Å². The summed E-state index contributed by atoms with van der Waals surface area (Å²) in [7, 11) is 0. The number of carbonyl (C=O) groups excluding carboxylic acids is 1. The van der Waals surface area contributed by atoms with Gasteiger partial charge in [0.15, 0.2) is 0 Å². The van der Waals surface area contributed by atoms with Gasteiger partial charge in [-0.05, 0) is 25.5 Å². The molecular weight excluding hydrogens is 244 g/mol. The monoisotopic (exact) mass is 266 g/mol. The highest BCUT2D eigenvalue weighted by atomic mass is 16.6. The molecule has 5 heteroatoms. The van der Waals surface area contributed by atoms with Crippen molar-refractivity contribution >= 4 is 6.09 Å². The second kappa shape index (κ2) is 7.63. The van der Waals surface area contributed by atoms with Gasteiger partial charge in [0.25, 0.3) is 0 Å². The van der Waals surface area contributed by atoms with Crippen LogP contribution < -0.4 is 5.73 Å². The molecule has 1 fully saturated rings. The number of hydrogen-bond acceptors (Lipinski definition) is 4. The standard InChI is InChI=1S/C14H22N2O3/c1-11(2)8-13(9-12(3)15)10-19-14(17)16-4-6-18-7-5-16/h8-9H,1,4-7,10,15H2,2-3H3/b12-9-,13-8+. The molecular formula is C14H22N2O3. The van der Waals surface area contributed by atoms with E-state index in [4.69, 9.17) is 15.2 Å². The van der Waals surface area contributed by atoms with E-state index in [1.54, 1.807) is 17.9 Å². The first-order chi connectivity index (χ1) is 8.99. The van der Waals surface area contributed by atoms with Crippen LogP contribution in [-0.4, -0.2) is 43.9 Å². The van der Waals surface area contributed by atoms with E-state index in [0.29, 0.717) is 32.0 Å². The first-order valence-corrected chi connectivity index (χ1v) is 6.28. The molecule has 0 spiro atoms. The van der Waals surface area contributed by atoms with Crippen LogP contribution >= 0.6 is 0 Å². The predicted molar refractivity (Wildman–Crippen MR) is 74.6 cm³/mol. The highest BCUT2D eigenvalue weighted by Crippen LogP contribution is 2.07. The van der Waals surface area contributed by atoms with Crippen molar-refractivity contribution in [2.24, 2.45) is 5.73 Å². The van der Waals surface area contributed by atoms with E-state index >= 15 is 0 Å². The van der Waals surface area contributed by atoms with Gasteiger partial charge in [-0.15, -0.1) is 0 Å². The van der Waals surface area contributed by atoms with Gasteiger partial charge in [0.1, 0.15) is 6.61 Å². The average molecular weight is 266 g/mol. The largest absolute Gasteiger partial charge is 0.445 e. The average Bonchev–Trinajstić information content (AvgIpc) is 2.35. The number of ether oxygens (including phenoxy) is 2. The van der Waals surface area contributed by atoms with Crippen molar-refractivity contribution < 1.29 is 14.3 Å². The first-order valence-electron chi connectivity index (χ1n) is 6.28. The molecule has 1 heterocycles. The summed E-state index contributed by atoms with van der Waals surface area (Å²) in [5, 5.41) is 0. The molecule has 5 nitrogen and oxygen atoms in total. The fourth-order valence-electron chi connectivity index (χ4n) is 1.72. The third-order valence-corrected chi connectivity index (χ3v) is 2.48. The number of morpholine rings is 1. The van der Waals surface area contributed by atoms with E-state index < -0.39 is 0 Å². The molecule has 0 aromatic carbocycles. The van der Waals surface area contributed by atoms with E-state index in [2.05, 4.69) is 6.58 Å². The number of rotatable bonds is 4. The highest BCUT2D eigenvalue weighted by molar-refractivity contribution is 5.68. The van der Waals surface area contributed by atoms with Crippen LogP contribution in [0.25, 0.3) is 0 Å². The quantitative estimate of drug-likeness (QED) is 0.788. The highest BCUT2D eigenvalue weighted by Gasteiger charge is 2.17. The second-order valence-electron chi connectivity index (χ2n) is 4.61. The molecule has 106 valence electrons. The van der Waals surface area contributed by atoms with Gasteiger partial charge in [0, 0.05) is 18.8 Å². The zero-order valence-electron chi connectivity index (χ0n) is 11.6. The van der Waals surface area contributed by atoms with Crippen molar-refractivity contribution in [1.29, 1.82) is 0 Å². The molecule has 0 aromatic rings. The van der Waals surface area contributed by atoms with Crippen LogP contribution in [0, 0.1) is 0 Å². The summed E-state index contributed by atoms with van der Waals surface area (Å²) in [6.45, 7) is 9.93. The third-order valence-electron chi connectivity index (χ3n) is 2.48. The van der Waals surface area contributed by atoms with Gasteiger partial charge in [-0.2, -0.15) is 0 Å². The summed E-state index contributed by atoms with van der Waals surface area (Å²) in [5.74, 6) is 0. The lowest BCUT2D eigenvalue weighted by Crippen LogP contribution is -2.41. The molecule has 0 aliphatic carbocycles. The van der Waals surface area contributed by atoms with Crippen LogP contribution in [0.4, 0.5) is 4.79 Å². The molecule has 19 heavy (non-hydrogen) atoms. The molecule has 2 N–H and O–H groups in total. The lowest BCUT2D eigenvalue weighted by Gasteiger charge is -2.26. The maximum atomic E-state index is 11.8.